The summed E-state index contributed by atoms with van der Waals surface area (Å²) in [5, 5.41) is 0.575. The van der Waals surface area contributed by atoms with Gasteiger partial charge >= 0.3 is 5.97 Å². The Morgan fingerprint density at radius 3 is 2.27 bits per heavy atom. The number of carbonyl (C=O) groups is 3. The zero-order valence-corrected chi connectivity index (χ0v) is 13.0. The number of fused-ring (bicyclic) bond motifs is 1. The Morgan fingerprint density at radius 1 is 1.14 bits per heavy atom. The fourth-order valence-corrected chi connectivity index (χ4v) is 2.52. The highest BCUT2D eigenvalue weighted by Crippen LogP contribution is 2.23. The normalized spacial score (nSPS) is 14.9. The first kappa shape index (κ1) is 16.2. The average molecular weight is 303 g/mol. The Hall–Kier alpha value is -2.17. The summed E-state index contributed by atoms with van der Waals surface area (Å²) in [6.45, 7) is 4.10. The van der Waals surface area contributed by atoms with Gasteiger partial charge < -0.3 is 4.84 Å². The maximum absolute atomic E-state index is 12.1. The van der Waals surface area contributed by atoms with Crippen molar-refractivity contribution in [3.05, 3.63) is 35.4 Å². The van der Waals surface area contributed by atoms with Crippen LogP contribution in [0.25, 0.3) is 0 Å². The second kappa shape index (κ2) is 7.20. The first-order valence-electron chi connectivity index (χ1n) is 7.73. The predicted octanol–water partition coefficient (Wildman–Crippen LogP) is 3.35. The zero-order valence-electron chi connectivity index (χ0n) is 13.0. The summed E-state index contributed by atoms with van der Waals surface area (Å²) >= 11 is 0. The summed E-state index contributed by atoms with van der Waals surface area (Å²) in [7, 11) is 0. The van der Waals surface area contributed by atoms with E-state index in [2.05, 4.69) is 6.92 Å². The van der Waals surface area contributed by atoms with Crippen LogP contribution in [0.4, 0.5) is 0 Å². The van der Waals surface area contributed by atoms with Crippen molar-refractivity contribution >= 4 is 17.8 Å². The molecule has 0 N–H and O–H groups in total. The van der Waals surface area contributed by atoms with Crippen molar-refractivity contribution < 1.29 is 19.2 Å². The van der Waals surface area contributed by atoms with Gasteiger partial charge in [-0.05, 0) is 18.1 Å². The Bertz CT molecular complexity index is 547. The molecule has 2 rings (SSSR count). The number of carbonyl (C=O) groups excluding carboxylic acids is 3. The summed E-state index contributed by atoms with van der Waals surface area (Å²) in [5.41, 5.74) is 0.549. The van der Waals surface area contributed by atoms with Crippen molar-refractivity contribution in [1.82, 2.24) is 5.06 Å². The van der Waals surface area contributed by atoms with Crippen LogP contribution in [-0.2, 0) is 9.63 Å². The van der Waals surface area contributed by atoms with Crippen LogP contribution < -0.4 is 0 Å². The van der Waals surface area contributed by atoms with E-state index in [1.54, 1.807) is 24.3 Å². The number of amides is 2. The van der Waals surface area contributed by atoms with Crippen LogP contribution >= 0.6 is 0 Å². The Labute approximate surface area is 130 Å². The summed E-state index contributed by atoms with van der Waals surface area (Å²) in [4.78, 5) is 41.0. The molecule has 1 aromatic carbocycles. The first-order chi connectivity index (χ1) is 10.5. The Balaban J connectivity index is 1.91. The van der Waals surface area contributed by atoms with Gasteiger partial charge in [-0.15, -0.1) is 0 Å². The van der Waals surface area contributed by atoms with E-state index in [9.17, 15) is 14.4 Å². The third-order valence-corrected chi connectivity index (χ3v) is 3.77. The number of hydrogen-bond donors (Lipinski definition) is 0. The number of rotatable bonds is 7. The van der Waals surface area contributed by atoms with Gasteiger partial charge in [0.1, 0.15) is 0 Å². The van der Waals surface area contributed by atoms with Crippen LogP contribution in [0, 0.1) is 5.92 Å². The van der Waals surface area contributed by atoms with Crippen LogP contribution in [-0.4, -0.2) is 22.8 Å². The maximum Gasteiger partial charge on any atom is 0.333 e. The van der Waals surface area contributed by atoms with Crippen molar-refractivity contribution in [2.75, 3.05) is 0 Å². The lowest BCUT2D eigenvalue weighted by Gasteiger charge is -2.15. The summed E-state index contributed by atoms with van der Waals surface area (Å²) < 4.78 is 0. The van der Waals surface area contributed by atoms with Crippen LogP contribution in [0.2, 0.25) is 0 Å². The van der Waals surface area contributed by atoms with E-state index in [0.717, 1.165) is 25.7 Å². The largest absolute Gasteiger partial charge is 0.333 e. The molecule has 0 saturated heterocycles. The molecule has 1 heterocycles. The molecule has 0 fully saturated rings. The number of benzene rings is 1. The lowest BCUT2D eigenvalue weighted by molar-refractivity contribution is -0.169. The van der Waals surface area contributed by atoms with Crippen LogP contribution in [0.3, 0.4) is 0 Å². The molecule has 1 atom stereocenters. The molecule has 1 aromatic rings. The van der Waals surface area contributed by atoms with Gasteiger partial charge in [0.25, 0.3) is 11.8 Å². The van der Waals surface area contributed by atoms with Crippen molar-refractivity contribution in [2.24, 2.45) is 5.92 Å². The highest BCUT2D eigenvalue weighted by atomic mass is 16.7. The van der Waals surface area contributed by atoms with E-state index in [1.165, 1.54) is 0 Å². The second-order valence-corrected chi connectivity index (χ2v) is 5.72. The number of hydrogen-bond acceptors (Lipinski definition) is 4. The number of nitrogens with zero attached hydrogens (tertiary/aromatic N) is 1. The van der Waals surface area contributed by atoms with E-state index in [-0.39, 0.29) is 23.5 Å². The van der Waals surface area contributed by atoms with Crippen molar-refractivity contribution in [3.8, 4) is 0 Å². The standard InChI is InChI=1S/C17H21NO4/c1-3-4-5-8-12(2)11-15(19)22-18-16(20)13-9-6-7-10-14(13)17(18)21/h6-7,9-10,12H,3-5,8,11H2,1-2H3. The smallest absolute Gasteiger partial charge is 0.330 e. The predicted molar refractivity (Wildman–Crippen MR) is 81.0 cm³/mol. The monoisotopic (exact) mass is 303 g/mol. The Kier molecular flexibility index (Phi) is 5.31. The number of unbranched alkanes of at least 4 members (excludes halogenated alkanes) is 2. The highest BCUT2D eigenvalue weighted by Gasteiger charge is 2.38. The van der Waals surface area contributed by atoms with Gasteiger partial charge in [-0.3, -0.25) is 9.59 Å². The van der Waals surface area contributed by atoms with E-state index < -0.39 is 17.8 Å². The van der Waals surface area contributed by atoms with E-state index >= 15 is 0 Å². The molecule has 0 aromatic heterocycles. The van der Waals surface area contributed by atoms with Crippen LogP contribution in [0.5, 0.6) is 0 Å². The first-order valence-corrected chi connectivity index (χ1v) is 7.73. The number of hydroxylamine groups is 2. The lowest BCUT2D eigenvalue weighted by Crippen LogP contribution is -2.33. The molecule has 22 heavy (non-hydrogen) atoms. The van der Waals surface area contributed by atoms with Gasteiger partial charge in [0, 0.05) is 0 Å². The third kappa shape index (κ3) is 3.53. The molecular weight excluding hydrogens is 282 g/mol. The minimum absolute atomic E-state index is 0.175. The molecule has 5 heteroatoms. The summed E-state index contributed by atoms with van der Waals surface area (Å²) in [6, 6.07) is 6.45. The third-order valence-electron chi connectivity index (χ3n) is 3.77. The van der Waals surface area contributed by atoms with Gasteiger partial charge in [-0.1, -0.05) is 56.7 Å². The molecule has 0 radical (unpaired) electrons. The molecule has 1 unspecified atom stereocenters. The van der Waals surface area contributed by atoms with Crippen molar-refractivity contribution in [2.45, 2.75) is 46.0 Å². The Morgan fingerprint density at radius 2 is 1.73 bits per heavy atom. The molecular formula is C17H21NO4. The molecule has 5 nitrogen and oxygen atoms in total. The van der Waals surface area contributed by atoms with Crippen LogP contribution in [0.1, 0.15) is 66.7 Å². The molecule has 1 aliphatic heterocycles. The van der Waals surface area contributed by atoms with E-state index in [4.69, 9.17) is 4.84 Å². The molecule has 0 aliphatic carbocycles. The fraction of sp³-hybridized carbons (Fsp3) is 0.471. The zero-order chi connectivity index (χ0) is 16.1. The summed E-state index contributed by atoms with van der Waals surface area (Å²) in [5.74, 6) is -1.52. The van der Waals surface area contributed by atoms with Gasteiger partial charge in [-0.2, -0.15) is 0 Å². The van der Waals surface area contributed by atoms with E-state index in [0.29, 0.717) is 5.06 Å². The van der Waals surface area contributed by atoms with Crippen molar-refractivity contribution in [3.63, 3.8) is 0 Å². The molecule has 0 spiro atoms. The molecule has 0 saturated carbocycles. The molecule has 118 valence electrons. The van der Waals surface area contributed by atoms with Crippen LogP contribution in [0.15, 0.2) is 24.3 Å². The fourth-order valence-electron chi connectivity index (χ4n) is 2.52. The topological polar surface area (TPSA) is 63.7 Å². The lowest BCUT2D eigenvalue weighted by atomic mass is 10.0. The van der Waals surface area contributed by atoms with Gasteiger partial charge in [0.2, 0.25) is 0 Å². The van der Waals surface area contributed by atoms with Gasteiger partial charge in [0.05, 0.1) is 17.5 Å². The quantitative estimate of drug-likeness (QED) is 0.572. The van der Waals surface area contributed by atoms with Gasteiger partial charge in [0.15, 0.2) is 0 Å². The van der Waals surface area contributed by atoms with Gasteiger partial charge in [-0.25, -0.2) is 4.79 Å². The molecule has 0 bridgehead atoms. The molecule has 1 aliphatic rings. The highest BCUT2D eigenvalue weighted by molar-refractivity contribution is 6.20. The number of imide groups is 1. The average Bonchev–Trinajstić information content (AvgIpc) is 2.73. The minimum atomic E-state index is -0.576. The summed E-state index contributed by atoms with van der Waals surface area (Å²) in [6.07, 6.45) is 4.48. The maximum atomic E-state index is 12.1. The van der Waals surface area contributed by atoms with E-state index in [1.807, 2.05) is 6.92 Å². The minimum Gasteiger partial charge on any atom is -0.330 e. The SMILES string of the molecule is CCCCCC(C)CC(=O)ON1C(=O)c2ccccc2C1=O. The second-order valence-electron chi connectivity index (χ2n) is 5.72. The van der Waals surface area contributed by atoms with Crippen molar-refractivity contribution in [1.29, 1.82) is 0 Å². The molecule has 2 amide bonds.